The molecule has 1 heterocycles. The van der Waals surface area contributed by atoms with E-state index in [2.05, 4.69) is 32.2 Å². The molecular weight excluding hydrogens is 431 g/mol. The Hall–Kier alpha value is -1.22. The fraction of sp³-hybridized carbons (Fsp3) is 0.611. The van der Waals surface area contributed by atoms with Gasteiger partial charge in [0, 0.05) is 64.7 Å². The normalized spacial score (nSPS) is 14.9. The second-order valence-electron chi connectivity index (χ2n) is 5.70. The van der Waals surface area contributed by atoms with Crippen molar-refractivity contribution >= 4 is 35.6 Å². The monoisotopic (exact) mass is 462 g/mol. The molecular formula is C18H31IN4O2. The lowest BCUT2D eigenvalue weighted by Gasteiger charge is -2.37. The average Bonchev–Trinajstić information content (AvgIpc) is 2.65. The second kappa shape index (κ2) is 12.2. The molecule has 1 aromatic carbocycles. The highest BCUT2D eigenvalue weighted by Crippen LogP contribution is 2.22. The van der Waals surface area contributed by atoms with E-state index in [-0.39, 0.29) is 24.0 Å². The third-order valence-corrected chi connectivity index (χ3v) is 4.16. The molecule has 1 aliphatic heterocycles. The van der Waals surface area contributed by atoms with Gasteiger partial charge in [-0.1, -0.05) is 6.07 Å². The van der Waals surface area contributed by atoms with Crippen LogP contribution in [0.5, 0.6) is 5.75 Å². The van der Waals surface area contributed by atoms with E-state index in [9.17, 15) is 0 Å². The van der Waals surface area contributed by atoms with Gasteiger partial charge in [0.1, 0.15) is 5.75 Å². The van der Waals surface area contributed by atoms with Crippen molar-refractivity contribution in [3.8, 4) is 5.75 Å². The molecule has 0 bridgehead atoms. The molecule has 1 fully saturated rings. The summed E-state index contributed by atoms with van der Waals surface area (Å²) in [5.74, 6) is 1.89. The van der Waals surface area contributed by atoms with Crippen LogP contribution in [-0.2, 0) is 4.74 Å². The topological polar surface area (TPSA) is 49.3 Å². The number of benzene rings is 1. The second-order valence-corrected chi connectivity index (χ2v) is 5.70. The summed E-state index contributed by atoms with van der Waals surface area (Å²) in [5, 5.41) is 3.43. The average molecular weight is 462 g/mol. The standard InChI is InChI=1S/C18H30N4O2.HI/c1-4-24-14-6-9-20-18(19-2)22-12-10-21(11-13-22)16-7-5-8-17(15-16)23-3;/h5,7-8,15H,4,6,9-14H2,1-3H3,(H,19,20);1H. The van der Waals surface area contributed by atoms with Gasteiger partial charge in [-0.15, -0.1) is 24.0 Å². The summed E-state index contributed by atoms with van der Waals surface area (Å²) in [7, 11) is 3.55. The van der Waals surface area contributed by atoms with Crippen LogP contribution in [0.15, 0.2) is 29.3 Å². The Morgan fingerprint density at radius 2 is 2.00 bits per heavy atom. The lowest BCUT2D eigenvalue weighted by Crippen LogP contribution is -2.52. The van der Waals surface area contributed by atoms with Gasteiger partial charge in [0.05, 0.1) is 7.11 Å². The van der Waals surface area contributed by atoms with Crippen molar-refractivity contribution in [2.75, 3.05) is 65.0 Å². The Morgan fingerprint density at radius 1 is 1.24 bits per heavy atom. The zero-order valence-corrected chi connectivity index (χ0v) is 17.9. The van der Waals surface area contributed by atoms with E-state index >= 15 is 0 Å². The van der Waals surface area contributed by atoms with Crippen LogP contribution in [0.2, 0.25) is 0 Å². The Kier molecular flexibility index (Phi) is 10.6. The van der Waals surface area contributed by atoms with Crippen molar-refractivity contribution in [2.45, 2.75) is 13.3 Å². The van der Waals surface area contributed by atoms with E-state index in [1.807, 2.05) is 26.1 Å². The molecule has 6 nitrogen and oxygen atoms in total. The van der Waals surface area contributed by atoms with Gasteiger partial charge in [-0.3, -0.25) is 4.99 Å². The van der Waals surface area contributed by atoms with E-state index in [0.29, 0.717) is 0 Å². The predicted molar refractivity (Wildman–Crippen MR) is 115 cm³/mol. The number of rotatable bonds is 7. The number of nitrogens with one attached hydrogen (secondary N) is 1. The number of ether oxygens (including phenoxy) is 2. The molecule has 1 aromatic rings. The first-order valence-corrected chi connectivity index (χ1v) is 8.70. The Balaban J connectivity index is 0.00000312. The molecule has 142 valence electrons. The maximum absolute atomic E-state index is 5.37. The van der Waals surface area contributed by atoms with Gasteiger partial charge in [0.15, 0.2) is 5.96 Å². The summed E-state index contributed by atoms with van der Waals surface area (Å²) < 4.78 is 10.7. The number of methoxy groups -OCH3 is 1. The first-order chi connectivity index (χ1) is 11.8. The van der Waals surface area contributed by atoms with E-state index in [1.165, 1.54) is 5.69 Å². The zero-order chi connectivity index (χ0) is 17.2. The molecule has 1 N–H and O–H groups in total. The van der Waals surface area contributed by atoms with E-state index < -0.39 is 0 Å². The fourth-order valence-corrected chi connectivity index (χ4v) is 2.83. The first kappa shape index (κ1) is 21.8. The summed E-state index contributed by atoms with van der Waals surface area (Å²) in [6, 6.07) is 8.25. The molecule has 1 aliphatic rings. The van der Waals surface area contributed by atoms with Gasteiger partial charge >= 0.3 is 0 Å². The first-order valence-electron chi connectivity index (χ1n) is 8.70. The van der Waals surface area contributed by atoms with Gasteiger partial charge in [0.2, 0.25) is 0 Å². The van der Waals surface area contributed by atoms with Gasteiger partial charge in [0.25, 0.3) is 0 Å². The summed E-state index contributed by atoms with van der Waals surface area (Å²) >= 11 is 0. The molecule has 7 heteroatoms. The molecule has 0 aromatic heterocycles. The highest BCUT2D eigenvalue weighted by molar-refractivity contribution is 14.0. The number of hydrogen-bond donors (Lipinski definition) is 1. The number of nitrogens with zero attached hydrogens (tertiary/aromatic N) is 3. The van der Waals surface area contributed by atoms with Crippen LogP contribution in [0, 0.1) is 0 Å². The maximum Gasteiger partial charge on any atom is 0.193 e. The Bertz CT molecular complexity index is 520. The SMILES string of the molecule is CCOCCCNC(=NC)N1CCN(c2cccc(OC)c2)CC1.I. The van der Waals surface area contributed by atoms with E-state index in [1.54, 1.807) is 7.11 Å². The predicted octanol–water partition coefficient (Wildman–Crippen LogP) is 2.44. The third-order valence-electron chi connectivity index (χ3n) is 4.16. The smallest absolute Gasteiger partial charge is 0.193 e. The summed E-state index contributed by atoms with van der Waals surface area (Å²) in [6.07, 6.45) is 0.997. The van der Waals surface area contributed by atoms with Gasteiger partial charge in [-0.2, -0.15) is 0 Å². The van der Waals surface area contributed by atoms with Crippen molar-refractivity contribution in [3.05, 3.63) is 24.3 Å². The van der Waals surface area contributed by atoms with Crippen LogP contribution in [-0.4, -0.2) is 71.0 Å². The van der Waals surface area contributed by atoms with Crippen LogP contribution in [0.4, 0.5) is 5.69 Å². The number of piperazine rings is 1. The summed E-state index contributed by atoms with van der Waals surface area (Å²) in [6.45, 7) is 8.37. The van der Waals surface area contributed by atoms with Gasteiger partial charge in [-0.25, -0.2) is 0 Å². The molecule has 0 spiro atoms. The fourth-order valence-electron chi connectivity index (χ4n) is 2.83. The number of aliphatic imine (C=N–C) groups is 1. The van der Waals surface area contributed by atoms with Crippen LogP contribution in [0.1, 0.15) is 13.3 Å². The van der Waals surface area contributed by atoms with Crippen LogP contribution < -0.4 is 15.0 Å². The minimum atomic E-state index is 0. The summed E-state index contributed by atoms with van der Waals surface area (Å²) in [5.41, 5.74) is 1.22. The summed E-state index contributed by atoms with van der Waals surface area (Å²) in [4.78, 5) is 9.11. The lowest BCUT2D eigenvalue weighted by atomic mass is 10.2. The van der Waals surface area contributed by atoms with Crippen LogP contribution in [0.3, 0.4) is 0 Å². The van der Waals surface area contributed by atoms with E-state index in [0.717, 1.165) is 64.1 Å². The van der Waals surface area contributed by atoms with Crippen LogP contribution >= 0.6 is 24.0 Å². The van der Waals surface area contributed by atoms with Crippen molar-refractivity contribution in [2.24, 2.45) is 4.99 Å². The molecule has 0 aliphatic carbocycles. The molecule has 2 rings (SSSR count). The number of hydrogen-bond acceptors (Lipinski definition) is 4. The van der Waals surface area contributed by atoms with Gasteiger partial charge < -0.3 is 24.6 Å². The molecule has 0 amide bonds. The van der Waals surface area contributed by atoms with Crippen molar-refractivity contribution in [3.63, 3.8) is 0 Å². The molecule has 0 atom stereocenters. The largest absolute Gasteiger partial charge is 0.497 e. The molecule has 0 radical (unpaired) electrons. The highest BCUT2D eigenvalue weighted by atomic mass is 127. The maximum atomic E-state index is 5.37. The van der Waals surface area contributed by atoms with Crippen molar-refractivity contribution < 1.29 is 9.47 Å². The number of guanidine groups is 1. The molecule has 0 unspecified atom stereocenters. The van der Waals surface area contributed by atoms with Crippen molar-refractivity contribution in [1.82, 2.24) is 10.2 Å². The minimum absolute atomic E-state index is 0. The Morgan fingerprint density at radius 3 is 2.64 bits per heavy atom. The Labute approximate surface area is 168 Å². The highest BCUT2D eigenvalue weighted by Gasteiger charge is 2.19. The molecule has 0 saturated carbocycles. The zero-order valence-electron chi connectivity index (χ0n) is 15.5. The molecule has 1 saturated heterocycles. The quantitative estimate of drug-likeness (QED) is 0.292. The van der Waals surface area contributed by atoms with Gasteiger partial charge in [-0.05, 0) is 25.5 Å². The third kappa shape index (κ3) is 6.89. The van der Waals surface area contributed by atoms with Crippen molar-refractivity contribution in [1.29, 1.82) is 0 Å². The van der Waals surface area contributed by atoms with Crippen LogP contribution in [0.25, 0.3) is 0 Å². The lowest BCUT2D eigenvalue weighted by molar-refractivity contribution is 0.145. The molecule has 25 heavy (non-hydrogen) atoms. The number of anilines is 1. The van der Waals surface area contributed by atoms with E-state index in [4.69, 9.17) is 9.47 Å². The number of halogens is 1. The minimum Gasteiger partial charge on any atom is -0.497 e.